The molecule has 146 valence electrons. The van der Waals surface area contributed by atoms with Crippen LogP contribution in [0.3, 0.4) is 0 Å². The number of hydrogen-bond acceptors (Lipinski definition) is 5. The van der Waals surface area contributed by atoms with Crippen LogP contribution in [0.1, 0.15) is 32.6 Å². The molecule has 0 bridgehead atoms. The van der Waals surface area contributed by atoms with Crippen molar-refractivity contribution in [1.82, 2.24) is 29.7 Å². The molecule has 2 aromatic heterocycles. The summed E-state index contributed by atoms with van der Waals surface area (Å²) in [6.45, 7) is 2.64. The lowest BCUT2D eigenvalue weighted by molar-refractivity contribution is -0.135. The summed E-state index contributed by atoms with van der Waals surface area (Å²) in [6.07, 6.45) is 5.39. The van der Waals surface area contributed by atoms with E-state index in [2.05, 4.69) is 22.3 Å². The third kappa shape index (κ3) is 3.28. The predicted molar refractivity (Wildman–Crippen MR) is 101 cm³/mol. The molecule has 0 N–H and O–H groups in total. The number of fused-ring (bicyclic) bond motifs is 1. The minimum atomic E-state index is -0.420. The second-order valence-corrected chi connectivity index (χ2v) is 6.97. The molecule has 3 heterocycles. The molecule has 1 aromatic carbocycles. The van der Waals surface area contributed by atoms with Gasteiger partial charge >= 0.3 is 0 Å². The predicted octanol–water partition coefficient (Wildman–Crippen LogP) is 1.91. The number of amides is 1. The molecule has 0 spiro atoms. The smallest absolute Gasteiger partial charge is 0.281 e. The minimum absolute atomic E-state index is 0.117. The molecule has 1 aliphatic heterocycles. The average molecular weight is 384 g/mol. The van der Waals surface area contributed by atoms with E-state index in [0.29, 0.717) is 12.2 Å². The van der Waals surface area contributed by atoms with E-state index in [1.54, 1.807) is 12.1 Å². The van der Waals surface area contributed by atoms with Gasteiger partial charge in [0, 0.05) is 12.6 Å². The van der Waals surface area contributed by atoms with Crippen LogP contribution in [0.4, 0.5) is 4.39 Å². The summed E-state index contributed by atoms with van der Waals surface area (Å²) in [5.41, 5.74) is 0.416. The van der Waals surface area contributed by atoms with E-state index in [-0.39, 0.29) is 35.3 Å². The Hall–Kier alpha value is -3.10. The van der Waals surface area contributed by atoms with Crippen LogP contribution >= 0.6 is 0 Å². The van der Waals surface area contributed by atoms with Crippen molar-refractivity contribution in [3.63, 3.8) is 0 Å². The normalized spacial score (nSPS) is 17.2. The molecular formula is C19H21FN6O2. The summed E-state index contributed by atoms with van der Waals surface area (Å²) in [6, 6.07) is 5.91. The molecular weight excluding hydrogens is 363 g/mol. The van der Waals surface area contributed by atoms with Crippen LogP contribution in [0.25, 0.3) is 16.7 Å². The second kappa shape index (κ2) is 7.49. The standard InChI is InChI=1S/C19H21FN6O2/c1-2-14-5-3-4-10-24(14)17(27)12-25-19(28)16-11-21-26(18(16)22-23-25)15-8-6-13(20)7-9-15/h6-9,11,14H,2-5,10,12H2,1H3. The Morgan fingerprint density at radius 2 is 2.04 bits per heavy atom. The quantitative estimate of drug-likeness (QED) is 0.686. The van der Waals surface area contributed by atoms with Crippen molar-refractivity contribution in [3.8, 4) is 5.69 Å². The number of carbonyl (C=O) groups is 1. The van der Waals surface area contributed by atoms with Crippen molar-refractivity contribution < 1.29 is 9.18 Å². The molecule has 9 heteroatoms. The van der Waals surface area contributed by atoms with Gasteiger partial charge in [-0.05, 0) is 49.9 Å². The molecule has 1 saturated heterocycles. The summed E-state index contributed by atoms with van der Waals surface area (Å²) in [7, 11) is 0. The Kier molecular flexibility index (Phi) is 4.89. The zero-order chi connectivity index (χ0) is 19.7. The van der Waals surface area contributed by atoms with Gasteiger partial charge in [-0.2, -0.15) is 5.10 Å². The first-order valence-corrected chi connectivity index (χ1v) is 9.45. The number of rotatable bonds is 4. The molecule has 1 fully saturated rings. The zero-order valence-corrected chi connectivity index (χ0v) is 15.6. The molecule has 0 radical (unpaired) electrons. The van der Waals surface area contributed by atoms with Gasteiger partial charge < -0.3 is 4.90 Å². The number of hydrogen-bond donors (Lipinski definition) is 0. The molecule has 1 amide bonds. The first kappa shape index (κ1) is 18.3. The number of benzene rings is 1. The van der Waals surface area contributed by atoms with Gasteiger partial charge in [0.25, 0.3) is 5.56 Å². The lowest BCUT2D eigenvalue weighted by Crippen LogP contribution is -2.46. The van der Waals surface area contributed by atoms with E-state index in [1.807, 2.05) is 4.90 Å². The zero-order valence-electron chi connectivity index (χ0n) is 15.6. The number of halogens is 1. The van der Waals surface area contributed by atoms with E-state index in [0.717, 1.165) is 30.4 Å². The van der Waals surface area contributed by atoms with Crippen molar-refractivity contribution in [1.29, 1.82) is 0 Å². The maximum atomic E-state index is 13.1. The Morgan fingerprint density at radius 1 is 1.25 bits per heavy atom. The Morgan fingerprint density at radius 3 is 2.79 bits per heavy atom. The van der Waals surface area contributed by atoms with Crippen LogP contribution in [0.2, 0.25) is 0 Å². The van der Waals surface area contributed by atoms with Gasteiger partial charge in [0.1, 0.15) is 17.7 Å². The summed E-state index contributed by atoms with van der Waals surface area (Å²) in [5, 5.41) is 12.5. The van der Waals surface area contributed by atoms with E-state index in [9.17, 15) is 14.0 Å². The highest BCUT2D eigenvalue weighted by Crippen LogP contribution is 2.20. The van der Waals surface area contributed by atoms with Gasteiger partial charge in [-0.1, -0.05) is 12.1 Å². The molecule has 4 rings (SSSR count). The van der Waals surface area contributed by atoms with E-state index in [4.69, 9.17) is 0 Å². The van der Waals surface area contributed by atoms with Crippen molar-refractivity contribution >= 4 is 16.9 Å². The third-order valence-corrected chi connectivity index (χ3v) is 5.23. The molecule has 28 heavy (non-hydrogen) atoms. The van der Waals surface area contributed by atoms with Crippen LogP contribution in [-0.2, 0) is 11.3 Å². The number of nitrogens with zero attached hydrogens (tertiary/aromatic N) is 6. The summed E-state index contributed by atoms with van der Waals surface area (Å²) in [5.74, 6) is -0.483. The monoisotopic (exact) mass is 384 g/mol. The van der Waals surface area contributed by atoms with Gasteiger partial charge in [-0.15, -0.1) is 5.10 Å². The first-order valence-electron chi connectivity index (χ1n) is 9.45. The largest absolute Gasteiger partial charge is 0.338 e. The molecule has 1 unspecified atom stereocenters. The van der Waals surface area contributed by atoms with E-state index >= 15 is 0 Å². The number of aromatic nitrogens is 5. The number of carbonyl (C=O) groups excluding carboxylic acids is 1. The molecule has 8 nitrogen and oxygen atoms in total. The lowest BCUT2D eigenvalue weighted by Gasteiger charge is -2.35. The van der Waals surface area contributed by atoms with Gasteiger partial charge in [0.2, 0.25) is 5.91 Å². The summed E-state index contributed by atoms with van der Waals surface area (Å²) < 4.78 is 15.7. The lowest BCUT2D eigenvalue weighted by atomic mass is 10.00. The highest BCUT2D eigenvalue weighted by Gasteiger charge is 2.26. The topological polar surface area (TPSA) is 85.9 Å². The van der Waals surface area contributed by atoms with Gasteiger partial charge in [0.05, 0.1) is 11.9 Å². The average Bonchev–Trinajstić information content (AvgIpc) is 3.15. The van der Waals surface area contributed by atoms with Crippen molar-refractivity contribution in [3.05, 3.63) is 46.6 Å². The van der Waals surface area contributed by atoms with Crippen LogP contribution in [0.5, 0.6) is 0 Å². The summed E-state index contributed by atoms with van der Waals surface area (Å²) >= 11 is 0. The van der Waals surface area contributed by atoms with Gasteiger partial charge in [-0.3, -0.25) is 9.59 Å². The third-order valence-electron chi connectivity index (χ3n) is 5.23. The minimum Gasteiger partial charge on any atom is -0.338 e. The van der Waals surface area contributed by atoms with Crippen LogP contribution in [0, 0.1) is 5.82 Å². The van der Waals surface area contributed by atoms with Crippen LogP contribution < -0.4 is 5.56 Å². The van der Waals surface area contributed by atoms with Gasteiger partial charge in [-0.25, -0.2) is 13.8 Å². The number of likely N-dealkylation sites (tertiary alicyclic amines) is 1. The molecule has 0 aliphatic carbocycles. The Labute approximate surface area is 160 Å². The molecule has 1 aliphatic rings. The fourth-order valence-electron chi connectivity index (χ4n) is 3.71. The molecule has 0 saturated carbocycles. The van der Waals surface area contributed by atoms with Crippen LogP contribution in [0.15, 0.2) is 35.3 Å². The molecule has 1 atom stereocenters. The first-order chi connectivity index (χ1) is 13.6. The highest BCUT2D eigenvalue weighted by molar-refractivity contribution is 5.78. The summed E-state index contributed by atoms with van der Waals surface area (Å²) in [4.78, 5) is 27.3. The maximum absolute atomic E-state index is 13.1. The fraction of sp³-hybridized carbons (Fsp3) is 0.421. The fourth-order valence-corrected chi connectivity index (χ4v) is 3.71. The Bertz CT molecular complexity index is 1060. The van der Waals surface area contributed by atoms with Crippen LogP contribution in [-0.4, -0.2) is 48.2 Å². The van der Waals surface area contributed by atoms with E-state index in [1.165, 1.54) is 23.0 Å². The maximum Gasteiger partial charge on any atom is 0.281 e. The highest BCUT2D eigenvalue weighted by atomic mass is 19.1. The van der Waals surface area contributed by atoms with Crippen molar-refractivity contribution in [2.24, 2.45) is 0 Å². The Balaban J connectivity index is 1.63. The van der Waals surface area contributed by atoms with Crippen molar-refractivity contribution in [2.75, 3.05) is 6.54 Å². The van der Waals surface area contributed by atoms with Gasteiger partial charge in [0.15, 0.2) is 5.65 Å². The van der Waals surface area contributed by atoms with E-state index < -0.39 is 5.56 Å². The second-order valence-electron chi connectivity index (χ2n) is 6.97. The SMILES string of the molecule is CCC1CCCCN1C(=O)Cn1nnc2c(cnn2-c2ccc(F)cc2)c1=O. The van der Waals surface area contributed by atoms with Crippen molar-refractivity contribution in [2.45, 2.75) is 45.2 Å². The molecule has 3 aromatic rings. The number of piperidine rings is 1.